The number of carbonyl (C=O) groups is 3. The Kier molecular flexibility index (Phi) is 7.52. The van der Waals surface area contributed by atoms with Crippen LogP contribution in [0.5, 0.6) is 0 Å². The topological polar surface area (TPSA) is 98.4 Å². The van der Waals surface area contributed by atoms with E-state index in [9.17, 15) is 18.8 Å². The van der Waals surface area contributed by atoms with Crippen molar-refractivity contribution < 1.29 is 18.8 Å². The Morgan fingerprint density at radius 3 is 2.83 bits per heavy atom. The number of nitrogens with zero attached hydrogens (tertiary/aromatic N) is 3. The first kappa shape index (κ1) is 24.9. The number of amides is 4. The second-order valence-electron chi connectivity index (χ2n) is 9.85. The zero-order valence-electron chi connectivity index (χ0n) is 20.5. The molecule has 0 bridgehead atoms. The van der Waals surface area contributed by atoms with E-state index in [4.69, 9.17) is 0 Å². The molecule has 1 spiro atoms. The molecule has 8 nitrogen and oxygen atoms in total. The van der Waals surface area contributed by atoms with E-state index in [1.54, 1.807) is 18.0 Å². The fourth-order valence-electron chi connectivity index (χ4n) is 5.15. The maximum atomic E-state index is 13.4. The number of rotatable bonds is 9. The minimum absolute atomic E-state index is 0.0744. The molecule has 188 valence electrons. The summed E-state index contributed by atoms with van der Waals surface area (Å²) in [5.41, 5.74) is 1.60. The highest BCUT2D eigenvalue weighted by Gasteiger charge is 2.55. The SMILES string of the molecule is CC1CCCCC12NC(=O)N(CC(=O)N(C)CCCCCc1cc(-c3cccc(F)c3)n[nH]1)C2=O. The lowest BCUT2D eigenvalue weighted by molar-refractivity contribution is -0.140. The smallest absolute Gasteiger partial charge is 0.325 e. The van der Waals surface area contributed by atoms with Gasteiger partial charge in [0, 0.05) is 24.8 Å². The van der Waals surface area contributed by atoms with Crippen molar-refractivity contribution in [1.29, 1.82) is 0 Å². The molecular weight excluding hydrogens is 449 g/mol. The second kappa shape index (κ2) is 10.6. The number of aromatic amines is 1. The van der Waals surface area contributed by atoms with Gasteiger partial charge < -0.3 is 10.2 Å². The molecule has 4 rings (SSSR count). The number of urea groups is 1. The number of imide groups is 1. The van der Waals surface area contributed by atoms with E-state index in [2.05, 4.69) is 15.5 Å². The van der Waals surface area contributed by atoms with Crippen molar-refractivity contribution >= 4 is 17.8 Å². The van der Waals surface area contributed by atoms with Gasteiger partial charge in [0.25, 0.3) is 5.91 Å². The number of carbonyl (C=O) groups excluding carboxylic acids is 3. The second-order valence-corrected chi connectivity index (χ2v) is 9.85. The van der Waals surface area contributed by atoms with Crippen LogP contribution in [0.4, 0.5) is 9.18 Å². The van der Waals surface area contributed by atoms with Crippen LogP contribution >= 0.6 is 0 Å². The molecule has 2 atom stereocenters. The number of hydrogen-bond donors (Lipinski definition) is 2. The molecule has 2 unspecified atom stereocenters. The summed E-state index contributed by atoms with van der Waals surface area (Å²) in [6.45, 7) is 2.34. The molecule has 1 aromatic carbocycles. The normalized spacial score (nSPS) is 22.0. The molecular formula is C26H34FN5O3. The number of likely N-dealkylation sites (N-methyl/N-ethyl adjacent to an activating group) is 1. The quantitative estimate of drug-likeness (QED) is 0.418. The molecule has 2 N–H and O–H groups in total. The van der Waals surface area contributed by atoms with E-state index in [1.807, 2.05) is 19.1 Å². The van der Waals surface area contributed by atoms with E-state index in [1.165, 1.54) is 12.1 Å². The molecule has 1 saturated heterocycles. The van der Waals surface area contributed by atoms with Crippen molar-refractivity contribution in [1.82, 2.24) is 25.3 Å². The highest BCUT2D eigenvalue weighted by atomic mass is 19.1. The highest BCUT2D eigenvalue weighted by Crippen LogP contribution is 2.38. The summed E-state index contributed by atoms with van der Waals surface area (Å²) < 4.78 is 13.4. The Morgan fingerprint density at radius 1 is 1.23 bits per heavy atom. The van der Waals surface area contributed by atoms with Gasteiger partial charge in [-0.05, 0) is 56.2 Å². The number of aryl methyl sites for hydroxylation is 1. The molecule has 1 saturated carbocycles. The van der Waals surface area contributed by atoms with Crippen molar-refractivity contribution in [2.24, 2.45) is 5.92 Å². The molecule has 2 aromatic rings. The molecule has 2 fully saturated rings. The van der Waals surface area contributed by atoms with Crippen molar-refractivity contribution in [2.45, 2.75) is 63.8 Å². The lowest BCUT2D eigenvalue weighted by Crippen LogP contribution is -2.54. The van der Waals surface area contributed by atoms with Crippen LogP contribution < -0.4 is 5.32 Å². The molecule has 1 aliphatic carbocycles. The van der Waals surface area contributed by atoms with Crippen LogP contribution in [0.25, 0.3) is 11.3 Å². The minimum atomic E-state index is -0.838. The molecule has 9 heteroatoms. The fourth-order valence-corrected chi connectivity index (χ4v) is 5.15. The molecule has 2 heterocycles. The first-order valence-electron chi connectivity index (χ1n) is 12.5. The van der Waals surface area contributed by atoms with E-state index in [0.29, 0.717) is 13.0 Å². The van der Waals surface area contributed by atoms with E-state index in [0.717, 1.165) is 66.8 Å². The third kappa shape index (κ3) is 5.39. The number of hydrogen-bond acceptors (Lipinski definition) is 4. The Bertz CT molecular complexity index is 1090. The largest absolute Gasteiger partial charge is 0.344 e. The number of unbranched alkanes of at least 4 members (excludes halogenated alkanes) is 2. The number of nitrogens with one attached hydrogen (secondary N) is 2. The third-order valence-corrected chi connectivity index (χ3v) is 7.41. The standard InChI is InChI=1S/C26H34FN5O3/c1-18-9-5-6-13-26(18)24(34)32(25(35)28-26)17-23(33)31(2)14-7-3-4-12-21-16-22(30-29-21)19-10-8-11-20(27)15-19/h8,10-11,15-16,18H,3-7,9,12-14,17H2,1-2H3,(H,28,35)(H,29,30). The molecule has 2 aliphatic rings. The monoisotopic (exact) mass is 483 g/mol. The fraction of sp³-hybridized carbons (Fsp3) is 0.538. The lowest BCUT2D eigenvalue weighted by atomic mass is 9.73. The Balaban J connectivity index is 1.19. The Morgan fingerprint density at radius 2 is 2.06 bits per heavy atom. The predicted octanol–water partition coefficient (Wildman–Crippen LogP) is 3.89. The Labute approximate surface area is 205 Å². The van der Waals surface area contributed by atoms with Crippen molar-refractivity contribution in [2.75, 3.05) is 20.1 Å². The number of H-pyrrole nitrogens is 1. The van der Waals surface area contributed by atoms with Gasteiger partial charge in [-0.2, -0.15) is 5.10 Å². The summed E-state index contributed by atoms with van der Waals surface area (Å²) in [7, 11) is 1.71. The average Bonchev–Trinajstić information content (AvgIpc) is 3.40. The number of halogens is 1. The molecule has 4 amide bonds. The van der Waals surface area contributed by atoms with Crippen molar-refractivity contribution in [3.63, 3.8) is 0 Å². The Hall–Kier alpha value is -3.23. The van der Waals surface area contributed by atoms with Crippen LogP contribution in [-0.4, -0.2) is 63.5 Å². The summed E-state index contributed by atoms with van der Waals surface area (Å²) in [4.78, 5) is 40.9. The van der Waals surface area contributed by atoms with Crippen molar-refractivity contribution in [3.8, 4) is 11.3 Å². The maximum Gasteiger partial charge on any atom is 0.325 e. The summed E-state index contributed by atoms with van der Waals surface area (Å²) in [5.74, 6) is -0.704. The van der Waals surface area contributed by atoms with Gasteiger partial charge >= 0.3 is 6.03 Å². The van der Waals surface area contributed by atoms with Crippen LogP contribution in [0.3, 0.4) is 0 Å². The van der Waals surface area contributed by atoms with Crippen LogP contribution in [0.1, 0.15) is 57.6 Å². The molecule has 0 radical (unpaired) electrons. The zero-order valence-corrected chi connectivity index (χ0v) is 20.5. The van der Waals surface area contributed by atoms with Crippen LogP contribution in [0.2, 0.25) is 0 Å². The summed E-state index contributed by atoms with van der Waals surface area (Å²) in [6, 6.07) is 7.83. The van der Waals surface area contributed by atoms with Crippen molar-refractivity contribution in [3.05, 3.63) is 41.8 Å². The highest BCUT2D eigenvalue weighted by molar-refractivity contribution is 6.09. The molecule has 1 aromatic heterocycles. The summed E-state index contributed by atoms with van der Waals surface area (Å²) in [5, 5.41) is 10.2. The molecule has 1 aliphatic heterocycles. The average molecular weight is 484 g/mol. The predicted molar refractivity (Wildman–Crippen MR) is 130 cm³/mol. The third-order valence-electron chi connectivity index (χ3n) is 7.41. The van der Waals surface area contributed by atoms with Crippen LogP contribution in [0.15, 0.2) is 30.3 Å². The summed E-state index contributed by atoms with van der Waals surface area (Å²) in [6.07, 6.45) is 6.95. The van der Waals surface area contributed by atoms with Gasteiger partial charge in [-0.3, -0.25) is 19.6 Å². The van der Waals surface area contributed by atoms with Gasteiger partial charge in [0.1, 0.15) is 17.9 Å². The van der Waals surface area contributed by atoms with Gasteiger partial charge in [0.2, 0.25) is 5.91 Å². The first-order valence-corrected chi connectivity index (χ1v) is 12.5. The van der Waals surface area contributed by atoms with Gasteiger partial charge in [-0.15, -0.1) is 0 Å². The lowest BCUT2D eigenvalue weighted by Gasteiger charge is -2.36. The summed E-state index contributed by atoms with van der Waals surface area (Å²) >= 11 is 0. The van der Waals surface area contributed by atoms with Crippen LogP contribution in [-0.2, 0) is 16.0 Å². The van der Waals surface area contributed by atoms with Gasteiger partial charge in [0.05, 0.1) is 5.69 Å². The van der Waals surface area contributed by atoms with Crippen LogP contribution in [0, 0.1) is 11.7 Å². The number of aromatic nitrogens is 2. The van der Waals surface area contributed by atoms with E-state index in [-0.39, 0.29) is 30.1 Å². The van der Waals surface area contributed by atoms with E-state index < -0.39 is 11.6 Å². The van der Waals surface area contributed by atoms with E-state index >= 15 is 0 Å². The van der Waals surface area contributed by atoms with Gasteiger partial charge in [0.15, 0.2) is 0 Å². The zero-order chi connectivity index (χ0) is 25.0. The first-order chi connectivity index (χ1) is 16.8. The van der Waals surface area contributed by atoms with Gasteiger partial charge in [-0.1, -0.05) is 38.3 Å². The maximum absolute atomic E-state index is 13.4. The number of benzene rings is 1. The van der Waals surface area contributed by atoms with Gasteiger partial charge in [-0.25, -0.2) is 9.18 Å². The molecule has 35 heavy (non-hydrogen) atoms. The minimum Gasteiger partial charge on any atom is -0.344 e.